The fourth-order valence-electron chi connectivity index (χ4n) is 3.05. The fourth-order valence-corrected chi connectivity index (χ4v) is 3.05. The summed E-state index contributed by atoms with van der Waals surface area (Å²) < 4.78 is 13.7. The zero-order chi connectivity index (χ0) is 21.6. The zero-order valence-corrected chi connectivity index (χ0v) is 16.4. The van der Waals surface area contributed by atoms with Crippen molar-refractivity contribution in [3.8, 4) is 0 Å². The van der Waals surface area contributed by atoms with Gasteiger partial charge in [-0.1, -0.05) is 18.2 Å². The number of carbonyl (C=O) groups is 2. The maximum Gasteiger partial charge on any atom is 0.255 e. The van der Waals surface area contributed by atoms with Crippen LogP contribution in [0.25, 0.3) is 10.8 Å². The molecule has 4 rings (SSSR count). The number of para-hydroxylation sites is 1. The second kappa shape index (κ2) is 9.04. The largest absolute Gasteiger partial charge is 0.376 e. The van der Waals surface area contributed by atoms with Crippen molar-refractivity contribution in [2.75, 3.05) is 22.5 Å². The van der Waals surface area contributed by atoms with Crippen LogP contribution in [0.4, 0.5) is 21.5 Å². The quantitative estimate of drug-likeness (QED) is 0.428. The second-order valence-corrected chi connectivity index (χ2v) is 6.85. The zero-order valence-electron chi connectivity index (χ0n) is 16.4. The van der Waals surface area contributed by atoms with E-state index in [1.165, 1.54) is 12.1 Å². The molecule has 0 fully saturated rings. The number of rotatable bonds is 6. The molecule has 31 heavy (non-hydrogen) atoms. The molecule has 2 amide bonds. The Hall–Kier alpha value is -4.26. The van der Waals surface area contributed by atoms with Crippen LogP contribution < -0.4 is 16.0 Å². The van der Waals surface area contributed by atoms with Gasteiger partial charge in [0.15, 0.2) is 0 Å². The number of halogens is 1. The van der Waals surface area contributed by atoms with Crippen molar-refractivity contribution in [2.45, 2.75) is 0 Å². The number of amides is 2. The number of nitrogens with one attached hydrogen (secondary N) is 3. The van der Waals surface area contributed by atoms with E-state index in [-0.39, 0.29) is 18.1 Å². The molecule has 0 spiro atoms. The van der Waals surface area contributed by atoms with Crippen molar-refractivity contribution < 1.29 is 14.0 Å². The molecule has 1 aromatic heterocycles. The molecule has 0 aliphatic rings. The molecule has 1 heterocycles. The van der Waals surface area contributed by atoms with Gasteiger partial charge in [-0.3, -0.25) is 14.6 Å². The highest BCUT2D eigenvalue weighted by molar-refractivity contribution is 6.04. The monoisotopic (exact) mass is 414 g/mol. The number of hydrogen-bond acceptors (Lipinski definition) is 4. The molecule has 0 bridgehead atoms. The molecule has 0 aliphatic heterocycles. The number of benzene rings is 3. The van der Waals surface area contributed by atoms with Gasteiger partial charge < -0.3 is 16.0 Å². The van der Waals surface area contributed by atoms with Crippen LogP contribution in [-0.4, -0.2) is 23.3 Å². The van der Waals surface area contributed by atoms with E-state index < -0.39 is 11.7 Å². The van der Waals surface area contributed by atoms with Gasteiger partial charge in [0.2, 0.25) is 5.91 Å². The van der Waals surface area contributed by atoms with E-state index in [9.17, 15) is 14.0 Å². The van der Waals surface area contributed by atoms with Gasteiger partial charge in [0.05, 0.1) is 12.2 Å². The highest BCUT2D eigenvalue weighted by Gasteiger charge is 2.09. The smallest absolute Gasteiger partial charge is 0.255 e. The number of carbonyl (C=O) groups excluding carboxylic acids is 2. The molecule has 0 saturated carbocycles. The summed E-state index contributed by atoms with van der Waals surface area (Å²) in [6, 6.07) is 20.1. The molecule has 0 radical (unpaired) electrons. The summed E-state index contributed by atoms with van der Waals surface area (Å²) >= 11 is 0. The third kappa shape index (κ3) is 5.02. The summed E-state index contributed by atoms with van der Waals surface area (Å²) in [7, 11) is 0. The Morgan fingerprint density at radius 3 is 2.42 bits per heavy atom. The standard InChI is InChI=1S/C24H19FN4O2/c25-21-3-1-2-4-22(21)29-24(31)16-5-8-19(9-6-16)27-15-23(30)28-20-10-7-18-14-26-12-11-17(18)13-20/h1-14,27H,15H2,(H,28,30)(H,29,31). The molecule has 154 valence electrons. The molecule has 0 unspecified atom stereocenters. The lowest BCUT2D eigenvalue weighted by Gasteiger charge is -2.10. The summed E-state index contributed by atoms with van der Waals surface area (Å²) in [5.41, 5.74) is 1.88. The minimum Gasteiger partial charge on any atom is -0.376 e. The average Bonchev–Trinajstić information content (AvgIpc) is 2.79. The Morgan fingerprint density at radius 1 is 0.839 bits per heavy atom. The summed E-state index contributed by atoms with van der Waals surface area (Å²) in [6.45, 7) is 0.0646. The average molecular weight is 414 g/mol. The first-order valence-electron chi connectivity index (χ1n) is 9.62. The molecule has 0 saturated heterocycles. The highest BCUT2D eigenvalue weighted by Crippen LogP contribution is 2.18. The lowest BCUT2D eigenvalue weighted by Crippen LogP contribution is -2.21. The van der Waals surface area contributed by atoms with Crippen LogP contribution in [0.3, 0.4) is 0 Å². The van der Waals surface area contributed by atoms with Crippen molar-refractivity contribution in [1.29, 1.82) is 0 Å². The number of hydrogen-bond donors (Lipinski definition) is 3. The first-order valence-corrected chi connectivity index (χ1v) is 9.62. The summed E-state index contributed by atoms with van der Waals surface area (Å²) in [5.74, 6) is -1.11. The molecular formula is C24H19FN4O2. The Bertz CT molecular complexity index is 1240. The van der Waals surface area contributed by atoms with E-state index >= 15 is 0 Å². The molecule has 6 nitrogen and oxygen atoms in total. The molecule has 4 aromatic rings. The maximum absolute atomic E-state index is 13.7. The molecule has 3 N–H and O–H groups in total. The van der Waals surface area contributed by atoms with E-state index in [0.717, 1.165) is 10.8 Å². The Kier molecular flexibility index (Phi) is 5.84. The number of anilines is 3. The van der Waals surface area contributed by atoms with Gasteiger partial charge in [-0.25, -0.2) is 4.39 Å². The van der Waals surface area contributed by atoms with E-state index in [1.54, 1.807) is 48.8 Å². The third-order valence-electron chi connectivity index (χ3n) is 4.65. The predicted octanol–water partition coefficient (Wildman–Crippen LogP) is 4.68. The van der Waals surface area contributed by atoms with Crippen LogP contribution in [0.2, 0.25) is 0 Å². The lowest BCUT2D eigenvalue weighted by molar-refractivity contribution is -0.114. The minimum atomic E-state index is -0.497. The Labute approximate surface area is 178 Å². The molecule has 0 aliphatic carbocycles. The number of aromatic nitrogens is 1. The van der Waals surface area contributed by atoms with Crippen molar-refractivity contribution in [1.82, 2.24) is 4.98 Å². The van der Waals surface area contributed by atoms with Crippen LogP contribution in [0.15, 0.2) is 85.2 Å². The van der Waals surface area contributed by atoms with Crippen LogP contribution in [0.5, 0.6) is 0 Å². The van der Waals surface area contributed by atoms with Crippen LogP contribution >= 0.6 is 0 Å². The fraction of sp³-hybridized carbons (Fsp3) is 0.0417. The molecule has 7 heteroatoms. The number of fused-ring (bicyclic) bond motifs is 1. The first-order chi connectivity index (χ1) is 15.1. The van der Waals surface area contributed by atoms with Gasteiger partial charge in [-0.2, -0.15) is 0 Å². The summed E-state index contributed by atoms with van der Waals surface area (Å²) in [4.78, 5) is 28.6. The van der Waals surface area contributed by atoms with Crippen LogP contribution in [0, 0.1) is 5.82 Å². The molecule has 3 aromatic carbocycles. The van der Waals surface area contributed by atoms with Gasteiger partial charge in [0.1, 0.15) is 5.82 Å². The Morgan fingerprint density at radius 2 is 1.61 bits per heavy atom. The van der Waals surface area contributed by atoms with Crippen molar-refractivity contribution in [3.05, 3.63) is 96.6 Å². The lowest BCUT2D eigenvalue weighted by atomic mass is 10.1. The maximum atomic E-state index is 13.7. The van der Waals surface area contributed by atoms with Gasteiger partial charge in [0.25, 0.3) is 5.91 Å². The summed E-state index contributed by atoms with van der Waals surface area (Å²) in [5, 5.41) is 10.4. The first kappa shape index (κ1) is 20.0. The third-order valence-corrected chi connectivity index (χ3v) is 4.65. The Balaban J connectivity index is 1.31. The van der Waals surface area contributed by atoms with E-state index in [0.29, 0.717) is 16.9 Å². The van der Waals surface area contributed by atoms with Crippen molar-refractivity contribution in [3.63, 3.8) is 0 Å². The van der Waals surface area contributed by atoms with Gasteiger partial charge in [0, 0.05) is 34.7 Å². The molecule has 0 atom stereocenters. The van der Waals surface area contributed by atoms with Crippen molar-refractivity contribution in [2.24, 2.45) is 0 Å². The molecular weight excluding hydrogens is 395 g/mol. The SMILES string of the molecule is O=C(CNc1ccc(C(=O)Nc2ccccc2F)cc1)Nc1ccc2cnccc2c1. The summed E-state index contributed by atoms with van der Waals surface area (Å²) in [6.07, 6.45) is 3.47. The van der Waals surface area contributed by atoms with E-state index in [4.69, 9.17) is 0 Å². The van der Waals surface area contributed by atoms with Gasteiger partial charge in [-0.05, 0) is 60.0 Å². The highest BCUT2D eigenvalue weighted by atomic mass is 19.1. The van der Waals surface area contributed by atoms with Crippen LogP contribution in [-0.2, 0) is 4.79 Å². The van der Waals surface area contributed by atoms with Gasteiger partial charge in [-0.15, -0.1) is 0 Å². The van der Waals surface area contributed by atoms with E-state index in [1.807, 2.05) is 24.3 Å². The second-order valence-electron chi connectivity index (χ2n) is 6.85. The van der Waals surface area contributed by atoms with E-state index in [2.05, 4.69) is 20.9 Å². The normalized spacial score (nSPS) is 10.5. The van der Waals surface area contributed by atoms with Crippen LogP contribution in [0.1, 0.15) is 10.4 Å². The van der Waals surface area contributed by atoms with Crippen molar-refractivity contribution >= 4 is 39.6 Å². The number of nitrogens with zero attached hydrogens (tertiary/aromatic N) is 1. The van der Waals surface area contributed by atoms with Gasteiger partial charge >= 0.3 is 0 Å². The predicted molar refractivity (Wildman–Crippen MR) is 120 cm³/mol. The number of pyridine rings is 1. The minimum absolute atomic E-state index is 0.0646. The topological polar surface area (TPSA) is 83.1 Å².